The van der Waals surface area contributed by atoms with Crippen molar-refractivity contribution in [1.29, 1.82) is 0 Å². The van der Waals surface area contributed by atoms with Gasteiger partial charge in [-0.2, -0.15) is 4.31 Å². The standard InChI is InChI=1S/C23H24N2O4S2/c1-29-20-10-8-19(9-11-20)25(17-21-5-4-16-30-21)23(26)18-6-12-22(13-7-18)31(27,28)24-14-2-3-15-24/h4-13,16H,2-3,14-15,17H2,1H3. The van der Waals surface area contributed by atoms with Crippen LogP contribution in [0.25, 0.3) is 0 Å². The summed E-state index contributed by atoms with van der Waals surface area (Å²) in [7, 11) is -1.91. The zero-order chi connectivity index (χ0) is 21.8. The smallest absolute Gasteiger partial charge is 0.258 e. The van der Waals surface area contributed by atoms with Gasteiger partial charge in [0.05, 0.1) is 18.6 Å². The van der Waals surface area contributed by atoms with Crippen LogP contribution in [0.15, 0.2) is 70.9 Å². The average Bonchev–Trinajstić information content (AvgIpc) is 3.52. The van der Waals surface area contributed by atoms with Crippen molar-refractivity contribution >= 4 is 33.0 Å². The number of sulfonamides is 1. The van der Waals surface area contributed by atoms with E-state index in [1.54, 1.807) is 35.5 Å². The topological polar surface area (TPSA) is 66.9 Å². The molecule has 2 aromatic carbocycles. The van der Waals surface area contributed by atoms with Gasteiger partial charge in [0.1, 0.15) is 5.75 Å². The fourth-order valence-corrected chi connectivity index (χ4v) is 5.81. The molecule has 0 radical (unpaired) electrons. The molecule has 31 heavy (non-hydrogen) atoms. The minimum atomic E-state index is -3.51. The predicted molar refractivity (Wildman–Crippen MR) is 122 cm³/mol. The van der Waals surface area contributed by atoms with Crippen molar-refractivity contribution < 1.29 is 17.9 Å². The second-order valence-corrected chi connectivity index (χ2v) is 10.3. The molecule has 0 N–H and O–H groups in total. The van der Waals surface area contributed by atoms with E-state index >= 15 is 0 Å². The molecule has 1 aromatic heterocycles. The normalized spacial score (nSPS) is 14.5. The minimum absolute atomic E-state index is 0.191. The van der Waals surface area contributed by atoms with Crippen LogP contribution < -0.4 is 9.64 Å². The third-order valence-corrected chi connectivity index (χ3v) is 8.10. The molecule has 1 saturated heterocycles. The van der Waals surface area contributed by atoms with Gasteiger partial charge in [-0.15, -0.1) is 11.3 Å². The molecular weight excluding hydrogens is 432 g/mol. The van der Waals surface area contributed by atoms with Crippen molar-refractivity contribution in [1.82, 2.24) is 4.31 Å². The quantitative estimate of drug-likeness (QED) is 0.529. The molecule has 0 spiro atoms. The predicted octanol–water partition coefficient (Wildman–Crippen LogP) is 4.39. The molecule has 1 aliphatic rings. The summed E-state index contributed by atoms with van der Waals surface area (Å²) in [6.07, 6.45) is 1.77. The van der Waals surface area contributed by atoms with Gasteiger partial charge in [0, 0.05) is 29.2 Å². The van der Waals surface area contributed by atoms with Crippen LogP contribution in [0.1, 0.15) is 28.1 Å². The molecule has 6 nitrogen and oxygen atoms in total. The SMILES string of the molecule is COc1ccc(N(Cc2cccs2)C(=O)c2ccc(S(=O)(=O)N3CCCC3)cc2)cc1. The van der Waals surface area contributed by atoms with Crippen LogP contribution >= 0.6 is 11.3 Å². The maximum atomic E-state index is 13.4. The Labute approximate surface area is 186 Å². The number of methoxy groups -OCH3 is 1. The van der Waals surface area contributed by atoms with Crippen molar-refractivity contribution in [2.24, 2.45) is 0 Å². The number of carbonyl (C=O) groups is 1. The van der Waals surface area contributed by atoms with Crippen LogP contribution in [-0.4, -0.2) is 38.8 Å². The molecular formula is C23H24N2O4S2. The maximum Gasteiger partial charge on any atom is 0.258 e. The fraction of sp³-hybridized carbons (Fsp3) is 0.261. The lowest BCUT2D eigenvalue weighted by atomic mass is 10.1. The van der Waals surface area contributed by atoms with E-state index in [9.17, 15) is 13.2 Å². The van der Waals surface area contributed by atoms with Gasteiger partial charge in [-0.3, -0.25) is 4.79 Å². The summed E-state index contributed by atoms with van der Waals surface area (Å²) in [5, 5.41) is 1.98. The van der Waals surface area contributed by atoms with Crippen molar-refractivity contribution in [2.45, 2.75) is 24.3 Å². The van der Waals surface area contributed by atoms with E-state index in [1.165, 1.54) is 16.4 Å². The van der Waals surface area contributed by atoms with Gasteiger partial charge in [-0.05, 0) is 72.8 Å². The van der Waals surface area contributed by atoms with E-state index in [0.717, 1.165) is 23.4 Å². The molecule has 0 aliphatic carbocycles. The monoisotopic (exact) mass is 456 g/mol. The minimum Gasteiger partial charge on any atom is -0.497 e. The third kappa shape index (κ3) is 4.66. The van der Waals surface area contributed by atoms with Crippen molar-refractivity contribution in [3.8, 4) is 5.75 Å². The van der Waals surface area contributed by atoms with Gasteiger partial charge in [0.15, 0.2) is 0 Å². The zero-order valence-electron chi connectivity index (χ0n) is 17.2. The Morgan fingerprint density at radius 1 is 1.03 bits per heavy atom. The Kier molecular flexibility index (Phi) is 6.41. The van der Waals surface area contributed by atoms with Gasteiger partial charge in [0.25, 0.3) is 5.91 Å². The summed E-state index contributed by atoms with van der Waals surface area (Å²) < 4.78 is 32.3. The van der Waals surface area contributed by atoms with Crippen LogP contribution in [-0.2, 0) is 16.6 Å². The molecule has 162 valence electrons. The molecule has 4 rings (SSSR count). The van der Waals surface area contributed by atoms with E-state index < -0.39 is 10.0 Å². The van der Waals surface area contributed by atoms with E-state index in [-0.39, 0.29) is 10.8 Å². The average molecular weight is 457 g/mol. The maximum absolute atomic E-state index is 13.4. The molecule has 8 heteroatoms. The number of rotatable bonds is 7. The highest BCUT2D eigenvalue weighted by Crippen LogP contribution is 2.26. The summed E-state index contributed by atoms with van der Waals surface area (Å²) in [5.41, 5.74) is 1.18. The van der Waals surface area contributed by atoms with Crippen LogP contribution in [0.4, 0.5) is 5.69 Å². The first-order valence-electron chi connectivity index (χ1n) is 10.1. The summed E-state index contributed by atoms with van der Waals surface area (Å²) in [6, 6.07) is 17.5. The first kappa shape index (κ1) is 21.5. The molecule has 0 unspecified atom stereocenters. The number of carbonyl (C=O) groups excluding carboxylic acids is 1. The summed E-state index contributed by atoms with van der Waals surface area (Å²) in [6.45, 7) is 1.53. The largest absolute Gasteiger partial charge is 0.497 e. The van der Waals surface area contributed by atoms with Gasteiger partial charge in [0.2, 0.25) is 10.0 Å². The molecule has 0 bridgehead atoms. The van der Waals surface area contributed by atoms with Crippen molar-refractivity contribution in [2.75, 3.05) is 25.1 Å². The number of nitrogens with zero attached hydrogens (tertiary/aromatic N) is 2. The number of ether oxygens (including phenoxy) is 1. The Morgan fingerprint density at radius 3 is 2.29 bits per heavy atom. The van der Waals surface area contributed by atoms with E-state index in [1.807, 2.05) is 41.8 Å². The Hall–Kier alpha value is -2.68. The van der Waals surface area contributed by atoms with E-state index in [0.29, 0.717) is 30.9 Å². The van der Waals surface area contributed by atoms with Gasteiger partial charge >= 0.3 is 0 Å². The van der Waals surface area contributed by atoms with Crippen LogP contribution in [0.5, 0.6) is 5.75 Å². The number of thiophene rings is 1. The Balaban J connectivity index is 1.61. The van der Waals surface area contributed by atoms with Gasteiger partial charge in [-0.25, -0.2) is 8.42 Å². The lowest BCUT2D eigenvalue weighted by molar-refractivity contribution is 0.0985. The highest BCUT2D eigenvalue weighted by atomic mass is 32.2. The number of hydrogen-bond acceptors (Lipinski definition) is 5. The van der Waals surface area contributed by atoms with Gasteiger partial charge < -0.3 is 9.64 Å². The molecule has 0 saturated carbocycles. The van der Waals surface area contributed by atoms with E-state index in [4.69, 9.17) is 4.74 Å². The molecule has 1 fully saturated rings. The van der Waals surface area contributed by atoms with Crippen LogP contribution in [0, 0.1) is 0 Å². The molecule has 3 aromatic rings. The third-order valence-electron chi connectivity index (χ3n) is 5.33. The number of anilines is 1. The highest BCUT2D eigenvalue weighted by Gasteiger charge is 2.27. The second-order valence-electron chi connectivity index (χ2n) is 7.30. The lowest BCUT2D eigenvalue weighted by Crippen LogP contribution is -2.30. The van der Waals surface area contributed by atoms with Crippen molar-refractivity contribution in [3.05, 3.63) is 76.5 Å². The first-order valence-corrected chi connectivity index (χ1v) is 12.4. The lowest BCUT2D eigenvalue weighted by Gasteiger charge is -2.23. The number of amides is 1. The molecule has 2 heterocycles. The molecule has 1 aliphatic heterocycles. The van der Waals surface area contributed by atoms with E-state index in [2.05, 4.69) is 0 Å². The fourth-order valence-electron chi connectivity index (χ4n) is 3.60. The summed E-state index contributed by atoms with van der Waals surface area (Å²) in [5.74, 6) is 0.521. The molecule has 0 atom stereocenters. The summed E-state index contributed by atoms with van der Waals surface area (Å²) >= 11 is 1.58. The van der Waals surface area contributed by atoms with Crippen molar-refractivity contribution in [3.63, 3.8) is 0 Å². The van der Waals surface area contributed by atoms with Crippen LogP contribution in [0.2, 0.25) is 0 Å². The Bertz CT molecular complexity index is 1120. The van der Waals surface area contributed by atoms with Gasteiger partial charge in [-0.1, -0.05) is 6.07 Å². The highest BCUT2D eigenvalue weighted by molar-refractivity contribution is 7.89. The number of hydrogen-bond donors (Lipinski definition) is 0. The molecule has 1 amide bonds. The zero-order valence-corrected chi connectivity index (χ0v) is 18.9. The summed E-state index contributed by atoms with van der Waals surface area (Å²) in [4.78, 5) is 16.3. The number of benzene rings is 2. The Morgan fingerprint density at radius 2 is 1.71 bits per heavy atom. The first-order chi connectivity index (χ1) is 15.0. The van der Waals surface area contributed by atoms with Crippen LogP contribution in [0.3, 0.4) is 0 Å². The second kappa shape index (κ2) is 9.21.